The first-order valence-corrected chi connectivity index (χ1v) is 5.63. The molecule has 15 heavy (non-hydrogen) atoms. The molecule has 0 saturated carbocycles. The van der Waals surface area contributed by atoms with E-state index in [1.807, 2.05) is 7.05 Å². The van der Waals surface area contributed by atoms with Crippen molar-refractivity contribution in [1.29, 1.82) is 0 Å². The molecule has 1 saturated heterocycles. The van der Waals surface area contributed by atoms with E-state index in [9.17, 15) is 0 Å². The molecule has 3 N–H and O–H groups in total. The van der Waals surface area contributed by atoms with Gasteiger partial charge >= 0.3 is 0 Å². The number of hydrogen-bond donors (Lipinski definition) is 3. The fourth-order valence-electron chi connectivity index (χ4n) is 1.99. The summed E-state index contributed by atoms with van der Waals surface area (Å²) in [5.74, 6) is 0. The Kier molecular flexibility index (Phi) is 3.77. The van der Waals surface area contributed by atoms with Gasteiger partial charge < -0.3 is 15.6 Å². The number of aromatic nitrogens is 1. The largest absolute Gasteiger partial charge is 0.360 e. The first-order valence-electron chi connectivity index (χ1n) is 5.63. The molecule has 0 atom stereocenters. The summed E-state index contributed by atoms with van der Waals surface area (Å²) in [6.45, 7) is 6.50. The lowest BCUT2D eigenvalue weighted by atomic mass is 10.3. The van der Waals surface area contributed by atoms with Crippen molar-refractivity contribution >= 4 is 0 Å². The number of nitrogens with zero attached hydrogens (tertiary/aromatic N) is 1. The predicted octanol–water partition coefficient (Wildman–Crippen LogP) is 0.139. The summed E-state index contributed by atoms with van der Waals surface area (Å²) in [4.78, 5) is 5.91. The molecular weight excluding hydrogens is 188 g/mol. The van der Waals surface area contributed by atoms with E-state index in [4.69, 9.17) is 0 Å². The molecule has 1 aromatic rings. The van der Waals surface area contributed by atoms with E-state index in [-0.39, 0.29) is 0 Å². The Balaban J connectivity index is 1.86. The maximum Gasteiger partial charge on any atom is 0.0386 e. The number of H-pyrrole nitrogens is 1. The summed E-state index contributed by atoms with van der Waals surface area (Å²) in [6, 6.07) is 4.35. The van der Waals surface area contributed by atoms with Gasteiger partial charge in [0.2, 0.25) is 0 Å². The summed E-state index contributed by atoms with van der Waals surface area (Å²) in [5.41, 5.74) is 2.59. The smallest absolute Gasteiger partial charge is 0.0386 e. The first-order chi connectivity index (χ1) is 7.38. The highest BCUT2D eigenvalue weighted by atomic mass is 15.2. The molecule has 1 aliphatic heterocycles. The van der Waals surface area contributed by atoms with Crippen LogP contribution in [-0.4, -0.2) is 43.1 Å². The second-order valence-electron chi connectivity index (χ2n) is 4.07. The Hall–Kier alpha value is -0.840. The summed E-state index contributed by atoms with van der Waals surface area (Å²) >= 11 is 0. The van der Waals surface area contributed by atoms with Crippen molar-refractivity contribution in [3.05, 3.63) is 23.5 Å². The molecule has 0 radical (unpaired) electrons. The third kappa shape index (κ3) is 3.06. The molecule has 1 fully saturated rings. The lowest BCUT2D eigenvalue weighted by Crippen LogP contribution is -2.42. The van der Waals surface area contributed by atoms with Gasteiger partial charge in [0.1, 0.15) is 0 Å². The van der Waals surface area contributed by atoms with E-state index in [1.165, 1.54) is 11.4 Å². The molecule has 4 nitrogen and oxygen atoms in total. The highest BCUT2D eigenvalue weighted by Gasteiger charge is 2.10. The molecular formula is C11H20N4. The Labute approximate surface area is 91.0 Å². The van der Waals surface area contributed by atoms with Crippen LogP contribution in [0.3, 0.4) is 0 Å². The molecule has 2 rings (SSSR count). The molecule has 2 heterocycles. The van der Waals surface area contributed by atoms with Crippen molar-refractivity contribution in [2.45, 2.75) is 13.1 Å². The van der Waals surface area contributed by atoms with Crippen molar-refractivity contribution in [1.82, 2.24) is 20.5 Å². The number of rotatable bonds is 4. The van der Waals surface area contributed by atoms with E-state index in [1.54, 1.807) is 0 Å². The highest BCUT2D eigenvalue weighted by Crippen LogP contribution is 2.06. The lowest BCUT2D eigenvalue weighted by Gasteiger charge is -2.26. The van der Waals surface area contributed by atoms with Gasteiger partial charge in [0.15, 0.2) is 0 Å². The van der Waals surface area contributed by atoms with E-state index in [2.05, 4.69) is 32.7 Å². The zero-order chi connectivity index (χ0) is 10.5. The van der Waals surface area contributed by atoms with Crippen LogP contribution in [0, 0.1) is 0 Å². The highest BCUT2D eigenvalue weighted by molar-refractivity contribution is 5.13. The summed E-state index contributed by atoms with van der Waals surface area (Å²) in [6.07, 6.45) is 0. The summed E-state index contributed by atoms with van der Waals surface area (Å²) in [5, 5.41) is 6.51. The topological polar surface area (TPSA) is 43.1 Å². The van der Waals surface area contributed by atoms with Crippen LogP contribution in [0.2, 0.25) is 0 Å². The Morgan fingerprint density at radius 3 is 2.73 bits per heavy atom. The van der Waals surface area contributed by atoms with Gasteiger partial charge in [-0.05, 0) is 19.2 Å². The minimum Gasteiger partial charge on any atom is -0.360 e. The zero-order valence-electron chi connectivity index (χ0n) is 9.34. The number of aromatic amines is 1. The van der Waals surface area contributed by atoms with Crippen LogP contribution in [-0.2, 0) is 13.1 Å². The van der Waals surface area contributed by atoms with E-state index in [0.717, 1.165) is 39.3 Å². The van der Waals surface area contributed by atoms with E-state index in [0.29, 0.717) is 0 Å². The second kappa shape index (κ2) is 5.30. The maximum absolute atomic E-state index is 3.44. The van der Waals surface area contributed by atoms with Crippen LogP contribution in [0.1, 0.15) is 11.4 Å². The predicted molar refractivity (Wildman–Crippen MR) is 61.7 cm³/mol. The van der Waals surface area contributed by atoms with Gasteiger partial charge in [-0.3, -0.25) is 4.90 Å². The SMILES string of the molecule is CNCc1ccc(CN2CCNCC2)[nH]1. The molecule has 1 aliphatic rings. The van der Waals surface area contributed by atoms with Crippen LogP contribution in [0.5, 0.6) is 0 Å². The van der Waals surface area contributed by atoms with Crippen molar-refractivity contribution in [2.24, 2.45) is 0 Å². The molecule has 0 amide bonds. The van der Waals surface area contributed by atoms with E-state index < -0.39 is 0 Å². The molecule has 0 unspecified atom stereocenters. The van der Waals surface area contributed by atoms with Crippen LogP contribution in [0.4, 0.5) is 0 Å². The molecule has 0 spiro atoms. The van der Waals surface area contributed by atoms with Crippen LogP contribution < -0.4 is 10.6 Å². The van der Waals surface area contributed by atoms with Crippen molar-refractivity contribution in [3.8, 4) is 0 Å². The third-order valence-corrected chi connectivity index (χ3v) is 2.78. The Bertz CT molecular complexity index is 289. The minimum atomic E-state index is 0.918. The number of hydrogen-bond acceptors (Lipinski definition) is 3. The normalized spacial score (nSPS) is 18.2. The van der Waals surface area contributed by atoms with Gasteiger partial charge in [0.25, 0.3) is 0 Å². The fourth-order valence-corrected chi connectivity index (χ4v) is 1.99. The molecule has 84 valence electrons. The fraction of sp³-hybridized carbons (Fsp3) is 0.636. The average molecular weight is 208 g/mol. The van der Waals surface area contributed by atoms with Crippen LogP contribution >= 0.6 is 0 Å². The number of nitrogens with one attached hydrogen (secondary N) is 3. The van der Waals surface area contributed by atoms with Crippen LogP contribution in [0.25, 0.3) is 0 Å². The zero-order valence-corrected chi connectivity index (χ0v) is 9.34. The molecule has 0 aromatic carbocycles. The molecule has 0 aliphatic carbocycles. The van der Waals surface area contributed by atoms with Gasteiger partial charge in [0.05, 0.1) is 0 Å². The van der Waals surface area contributed by atoms with Gasteiger partial charge in [-0.15, -0.1) is 0 Å². The first kappa shape index (κ1) is 10.7. The lowest BCUT2D eigenvalue weighted by molar-refractivity contribution is 0.231. The van der Waals surface area contributed by atoms with Crippen molar-refractivity contribution in [2.75, 3.05) is 33.2 Å². The maximum atomic E-state index is 3.44. The van der Waals surface area contributed by atoms with Crippen molar-refractivity contribution in [3.63, 3.8) is 0 Å². The minimum absolute atomic E-state index is 0.918. The monoisotopic (exact) mass is 208 g/mol. The molecule has 4 heteroatoms. The van der Waals surface area contributed by atoms with Gasteiger partial charge in [-0.2, -0.15) is 0 Å². The van der Waals surface area contributed by atoms with Crippen molar-refractivity contribution < 1.29 is 0 Å². The Morgan fingerprint density at radius 2 is 2.00 bits per heavy atom. The second-order valence-corrected chi connectivity index (χ2v) is 4.07. The standard InChI is InChI=1S/C11H20N4/c1-12-8-10-2-3-11(14-10)9-15-6-4-13-5-7-15/h2-3,12-14H,4-9H2,1H3. The average Bonchev–Trinajstić information content (AvgIpc) is 2.68. The van der Waals surface area contributed by atoms with Crippen LogP contribution in [0.15, 0.2) is 12.1 Å². The van der Waals surface area contributed by atoms with Gasteiger partial charge in [-0.25, -0.2) is 0 Å². The quantitative estimate of drug-likeness (QED) is 0.659. The summed E-state index contributed by atoms with van der Waals surface area (Å²) < 4.78 is 0. The third-order valence-electron chi connectivity index (χ3n) is 2.78. The molecule has 0 bridgehead atoms. The Morgan fingerprint density at radius 1 is 1.27 bits per heavy atom. The van der Waals surface area contributed by atoms with Gasteiger partial charge in [-0.1, -0.05) is 0 Å². The number of piperazine rings is 1. The summed E-state index contributed by atoms with van der Waals surface area (Å²) in [7, 11) is 1.97. The molecule has 1 aromatic heterocycles. The van der Waals surface area contributed by atoms with E-state index >= 15 is 0 Å². The van der Waals surface area contributed by atoms with Gasteiger partial charge in [0, 0.05) is 50.7 Å².